The predicted octanol–water partition coefficient (Wildman–Crippen LogP) is 3.62. The Bertz CT molecular complexity index is 1420. The number of aryl methyl sites for hydroxylation is 2. The van der Waals surface area contributed by atoms with E-state index in [1.807, 2.05) is 38.1 Å². The third-order valence-electron chi connectivity index (χ3n) is 7.65. The average molecular weight is 502 g/mol. The number of halogens is 1. The Morgan fingerprint density at radius 3 is 2.28 bits per heavy atom. The number of rotatable bonds is 3. The van der Waals surface area contributed by atoms with Gasteiger partial charge in [-0.3, -0.25) is 19.7 Å². The van der Waals surface area contributed by atoms with Crippen molar-refractivity contribution in [1.29, 1.82) is 0 Å². The summed E-state index contributed by atoms with van der Waals surface area (Å²) in [4.78, 5) is 42.7. The molecule has 1 spiro atoms. The van der Waals surface area contributed by atoms with Crippen molar-refractivity contribution in [3.8, 4) is 0 Å². The van der Waals surface area contributed by atoms with Gasteiger partial charge in [0.25, 0.3) is 0 Å². The molecule has 0 aliphatic carbocycles. The van der Waals surface area contributed by atoms with Gasteiger partial charge in [0.1, 0.15) is 5.54 Å². The van der Waals surface area contributed by atoms with Crippen LogP contribution in [0, 0.1) is 25.7 Å². The zero-order chi connectivity index (χ0) is 25.4. The average Bonchev–Trinajstić information content (AvgIpc) is 3.45. The lowest BCUT2D eigenvalue weighted by molar-refractivity contribution is -0.130. The number of imide groups is 1. The molecule has 3 aromatic carbocycles. The molecule has 182 valence electrons. The van der Waals surface area contributed by atoms with Crippen LogP contribution >= 0.6 is 11.6 Å². The van der Waals surface area contributed by atoms with Gasteiger partial charge in [0.15, 0.2) is 0 Å². The van der Waals surface area contributed by atoms with Crippen molar-refractivity contribution < 1.29 is 19.5 Å². The number of carbonyl (C=O) groups is 3. The van der Waals surface area contributed by atoms with E-state index < -0.39 is 47.2 Å². The van der Waals surface area contributed by atoms with Crippen LogP contribution in [0.1, 0.15) is 28.4 Å². The molecule has 3 aliphatic heterocycles. The summed E-state index contributed by atoms with van der Waals surface area (Å²) in [6.07, 6.45) is -1.16. The summed E-state index contributed by atoms with van der Waals surface area (Å²) in [7, 11) is 0. The summed E-state index contributed by atoms with van der Waals surface area (Å²) in [5.74, 6) is -3.29. The summed E-state index contributed by atoms with van der Waals surface area (Å²) >= 11 is 6.04. The van der Waals surface area contributed by atoms with Crippen molar-refractivity contribution in [3.63, 3.8) is 0 Å². The van der Waals surface area contributed by atoms with Crippen molar-refractivity contribution in [2.75, 3.05) is 10.2 Å². The van der Waals surface area contributed by atoms with E-state index in [-0.39, 0.29) is 0 Å². The Kier molecular flexibility index (Phi) is 5.09. The maximum absolute atomic E-state index is 14.0. The lowest BCUT2D eigenvalue weighted by Crippen LogP contribution is -2.54. The van der Waals surface area contributed by atoms with Gasteiger partial charge in [-0.05, 0) is 49.7 Å². The first kappa shape index (κ1) is 22.9. The molecule has 7 nitrogen and oxygen atoms in total. The molecule has 3 aromatic rings. The Balaban J connectivity index is 1.52. The van der Waals surface area contributed by atoms with Crippen LogP contribution in [-0.2, 0) is 19.9 Å². The zero-order valence-corrected chi connectivity index (χ0v) is 20.4. The molecule has 3 heterocycles. The lowest BCUT2D eigenvalue weighted by atomic mass is 9.75. The topological polar surface area (TPSA) is 98.7 Å². The minimum absolute atomic E-state index is 0.407. The number of aliphatic hydroxyl groups excluding tert-OH is 1. The minimum atomic E-state index is -1.49. The van der Waals surface area contributed by atoms with Crippen LogP contribution in [0.4, 0.5) is 11.4 Å². The first-order chi connectivity index (χ1) is 17.2. The van der Waals surface area contributed by atoms with Crippen LogP contribution in [0.2, 0.25) is 5.02 Å². The fourth-order valence-corrected chi connectivity index (χ4v) is 6.06. The lowest BCUT2D eigenvalue weighted by Gasteiger charge is -2.31. The molecular formula is C28H24ClN3O4. The number of amides is 3. The number of anilines is 2. The second-order valence-electron chi connectivity index (χ2n) is 9.83. The molecule has 36 heavy (non-hydrogen) atoms. The summed E-state index contributed by atoms with van der Waals surface area (Å²) in [5.41, 5.74) is 2.60. The molecule has 0 aromatic heterocycles. The standard InChI is InChI=1S/C28H24ClN3O4/c1-14-3-10-18(11-4-14)32-25(34)21-22(26(32)35)28(19-13-15(2)5-12-20(19)30-27(28)36)31-23(21)24(33)16-6-8-17(29)9-7-16/h3-13,21-24,31,33H,1-2H3,(H,30,36)/t21-,22+,23+,24+,28-/m0/s1. The van der Waals surface area contributed by atoms with Gasteiger partial charge in [0, 0.05) is 16.3 Å². The number of hydrogen-bond donors (Lipinski definition) is 3. The predicted molar refractivity (Wildman–Crippen MR) is 135 cm³/mol. The van der Waals surface area contributed by atoms with Gasteiger partial charge in [0.05, 0.1) is 29.7 Å². The Morgan fingerprint density at radius 2 is 1.58 bits per heavy atom. The molecule has 0 radical (unpaired) electrons. The van der Waals surface area contributed by atoms with Crippen molar-refractivity contribution in [3.05, 3.63) is 94.0 Å². The summed E-state index contributed by atoms with van der Waals surface area (Å²) in [6.45, 7) is 3.83. The SMILES string of the molecule is Cc1ccc(N2C(=O)[C@@H]3[C@H]([C@H](O)c4ccc(Cl)cc4)N[C@]4(C(=O)Nc5ccc(C)cc54)[C@H]3C2=O)cc1. The quantitative estimate of drug-likeness (QED) is 0.476. The smallest absolute Gasteiger partial charge is 0.250 e. The third kappa shape index (κ3) is 3.10. The fraction of sp³-hybridized carbons (Fsp3) is 0.250. The molecule has 0 unspecified atom stereocenters. The molecule has 2 fully saturated rings. The highest BCUT2D eigenvalue weighted by Gasteiger charge is 2.71. The number of carbonyl (C=O) groups excluding carboxylic acids is 3. The van der Waals surface area contributed by atoms with E-state index in [0.29, 0.717) is 27.5 Å². The Morgan fingerprint density at radius 1 is 0.917 bits per heavy atom. The molecule has 8 heteroatoms. The molecule has 3 aliphatic rings. The number of nitrogens with zero attached hydrogens (tertiary/aromatic N) is 1. The molecule has 5 atom stereocenters. The van der Waals surface area contributed by atoms with Crippen LogP contribution in [-0.4, -0.2) is 28.9 Å². The van der Waals surface area contributed by atoms with Crippen molar-refractivity contribution in [2.24, 2.45) is 11.8 Å². The van der Waals surface area contributed by atoms with Gasteiger partial charge >= 0.3 is 0 Å². The monoisotopic (exact) mass is 501 g/mol. The molecule has 6 rings (SSSR count). The van der Waals surface area contributed by atoms with Crippen LogP contribution < -0.4 is 15.5 Å². The van der Waals surface area contributed by atoms with Crippen molar-refractivity contribution in [1.82, 2.24) is 5.32 Å². The molecule has 0 saturated carbocycles. The molecule has 2 saturated heterocycles. The van der Waals surface area contributed by atoms with E-state index in [0.717, 1.165) is 11.1 Å². The van der Waals surface area contributed by atoms with Crippen LogP contribution in [0.25, 0.3) is 0 Å². The molecule has 0 bridgehead atoms. The first-order valence-electron chi connectivity index (χ1n) is 11.8. The van der Waals surface area contributed by atoms with Crippen LogP contribution in [0.5, 0.6) is 0 Å². The Labute approximate surface area is 213 Å². The third-order valence-corrected chi connectivity index (χ3v) is 7.90. The second kappa shape index (κ2) is 8.00. The normalized spacial score (nSPS) is 27.4. The fourth-order valence-electron chi connectivity index (χ4n) is 5.93. The van der Waals surface area contributed by atoms with Crippen LogP contribution in [0.15, 0.2) is 66.7 Å². The van der Waals surface area contributed by atoms with E-state index in [2.05, 4.69) is 10.6 Å². The van der Waals surface area contributed by atoms with Crippen molar-refractivity contribution in [2.45, 2.75) is 31.5 Å². The minimum Gasteiger partial charge on any atom is -0.387 e. The summed E-state index contributed by atoms with van der Waals surface area (Å²) in [6, 6.07) is 18.4. The molecule has 3 amide bonds. The number of fused-ring (bicyclic) bond motifs is 4. The van der Waals surface area contributed by atoms with E-state index in [1.54, 1.807) is 42.5 Å². The summed E-state index contributed by atoms with van der Waals surface area (Å²) < 4.78 is 0. The van der Waals surface area contributed by atoms with Crippen LogP contribution in [0.3, 0.4) is 0 Å². The second-order valence-corrected chi connectivity index (χ2v) is 10.3. The maximum atomic E-state index is 14.0. The van der Waals surface area contributed by atoms with Crippen molar-refractivity contribution >= 4 is 40.7 Å². The molecular weight excluding hydrogens is 478 g/mol. The van der Waals surface area contributed by atoms with Gasteiger partial charge in [-0.25, -0.2) is 4.90 Å². The number of benzene rings is 3. The van der Waals surface area contributed by atoms with Gasteiger partial charge < -0.3 is 10.4 Å². The highest BCUT2D eigenvalue weighted by Crippen LogP contribution is 2.55. The number of hydrogen-bond acceptors (Lipinski definition) is 5. The number of aliphatic hydroxyl groups is 1. The van der Waals surface area contributed by atoms with Gasteiger partial charge in [-0.2, -0.15) is 0 Å². The maximum Gasteiger partial charge on any atom is 0.250 e. The summed E-state index contributed by atoms with van der Waals surface area (Å²) in [5, 5.41) is 18.2. The molecule has 3 N–H and O–H groups in total. The van der Waals surface area contributed by atoms with E-state index in [1.165, 1.54) is 4.90 Å². The number of nitrogens with one attached hydrogen (secondary N) is 2. The first-order valence-corrected chi connectivity index (χ1v) is 12.2. The van der Waals surface area contributed by atoms with E-state index in [4.69, 9.17) is 11.6 Å². The van der Waals surface area contributed by atoms with Gasteiger partial charge in [0.2, 0.25) is 17.7 Å². The zero-order valence-electron chi connectivity index (χ0n) is 19.7. The largest absolute Gasteiger partial charge is 0.387 e. The Hall–Kier alpha value is -3.52. The van der Waals surface area contributed by atoms with Gasteiger partial charge in [-0.15, -0.1) is 0 Å². The van der Waals surface area contributed by atoms with Gasteiger partial charge in [-0.1, -0.05) is 59.1 Å². The van der Waals surface area contributed by atoms with E-state index >= 15 is 0 Å². The highest BCUT2D eigenvalue weighted by atomic mass is 35.5. The van der Waals surface area contributed by atoms with E-state index in [9.17, 15) is 19.5 Å². The highest BCUT2D eigenvalue weighted by molar-refractivity contribution is 6.30.